The molecule has 0 aliphatic heterocycles. The minimum absolute atomic E-state index is 0.397. The fourth-order valence-corrected chi connectivity index (χ4v) is 0.486. The normalized spacial score (nSPS) is 15.0. The molecule has 1 nitrogen and oxygen atoms in total. The second-order valence-corrected chi connectivity index (χ2v) is 2.14. The highest BCUT2D eigenvalue weighted by Gasteiger charge is 2.73. The van der Waals surface area contributed by atoms with Crippen LogP contribution in [0.4, 0.5) is 30.7 Å². The van der Waals surface area contributed by atoms with E-state index in [1.54, 1.807) is 16.1 Å². The number of rotatable bonds is 2. The van der Waals surface area contributed by atoms with Crippen LogP contribution in [0.5, 0.6) is 0 Å². The van der Waals surface area contributed by atoms with Gasteiger partial charge in [-0.3, -0.25) is 0 Å². The summed E-state index contributed by atoms with van der Waals surface area (Å²) in [6.07, 6.45) is -6.29. The molecule has 0 amide bonds. The van der Waals surface area contributed by atoms with Gasteiger partial charge in [0.05, 0.1) is 0 Å². The SMILES string of the molecule is FC(F)(F)C(F)(F)C(F)(F)NBr. The van der Waals surface area contributed by atoms with Crippen LogP contribution in [0, 0.1) is 0 Å². The number of hydrogen-bond donors (Lipinski definition) is 1. The molecule has 0 radical (unpaired) electrons. The maximum atomic E-state index is 11.8. The number of nitrogens with one attached hydrogen (secondary N) is 1. The molecule has 0 unspecified atom stereocenters. The van der Waals surface area contributed by atoms with E-state index in [2.05, 4.69) is 0 Å². The topological polar surface area (TPSA) is 12.0 Å². The lowest BCUT2D eigenvalue weighted by Crippen LogP contribution is -2.56. The summed E-state index contributed by atoms with van der Waals surface area (Å²) in [5.74, 6) is -6.11. The highest BCUT2D eigenvalue weighted by molar-refractivity contribution is 9.08. The van der Waals surface area contributed by atoms with Gasteiger partial charge in [-0.2, -0.15) is 35.1 Å². The molecule has 1 N–H and O–H groups in total. The van der Waals surface area contributed by atoms with Crippen molar-refractivity contribution in [1.82, 2.24) is 4.34 Å². The maximum Gasteiger partial charge on any atom is 0.461 e. The van der Waals surface area contributed by atoms with E-state index in [1.165, 1.54) is 0 Å². The van der Waals surface area contributed by atoms with Crippen molar-refractivity contribution in [3.05, 3.63) is 0 Å². The molecule has 74 valence electrons. The summed E-state index contributed by atoms with van der Waals surface area (Å²) in [4.78, 5) is 0. The van der Waals surface area contributed by atoms with Crippen LogP contribution in [0.15, 0.2) is 0 Å². The predicted molar refractivity (Wildman–Crippen MR) is 28.0 cm³/mol. The van der Waals surface area contributed by atoms with E-state index in [-0.39, 0.29) is 0 Å². The lowest BCUT2D eigenvalue weighted by Gasteiger charge is -2.26. The molecule has 0 bridgehead atoms. The first-order chi connectivity index (χ1) is 5.06. The second-order valence-electron chi connectivity index (χ2n) is 1.74. The summed E-state index contributed by atoms with van der Waals surface area (Å²) in [6, 6.07) is -5.37. The van der Waals surface area contributed by atoms with E-state index < -0.39 is 18.1 Å². The van der Waals surface area contributed by atoms with Gasteiger partial charge in [-0.05, 0) is 0 Å². The van der Waals surface area contributed by atoms with Gasteiger partial charge in [0.2, 0.25) is 0 Å². The molecule has 0 aliphatic carbocycles. The van der Waals surface area contributed by atoms with Gasteiger partial charge in [-0.25, -0.2) is 0 Å². The molecule has 0 heterocycles. The monoisotopic (exact) mass is 263 g/mol. The fourth-order valence-electron chi connectivity index (χ4n) is 0.237. The highest BCUT2D eigenvalue weighted by Crippen LogP contribution is 2.45. The van der Waals surface area contributed by atoms with Crippen LogP contribution in [-0.2, 0) is 0 Å². The maximum absolute atomic E-state index is 11.8. The molecular weight excluding hydrogens is 263 g/mol. The van der Waals surface area contributed by atoms with Crippen LogP contribution in [0.1, 0.15) is 0 Å². The lowest BCUT2D eigenvalue weighted by atomic mass is 10.3. The summed E-state index contributed by atoms with van der Waals surface area (Å²) >= 11 is 1.62. The molecule has 0 fully saturated rings. The Hall–Kier alpha value is -0.0500. The van der Waals surface area contributed by atoms with Gasteiger partial charge in [-0.1, -0.05) is 0 Å². The van der Waals surface area contributed by atoms with Crippen molar-refractivity contribution in [3.63, 3.8) is 0 Å². The fraction of sp³-hybridized carbons (Fsp3) is 1.00. The molecule has 0 saturated carbocycles. The summed E-state index contributed by atoms with van der Waals surface area (Å²) < 4.78 is 81.2. The summed E-state index contributed by atoms with van der Waals surface area (Å²) in [6.45, 7) is 0. The minimum atomic E-state index is -6.29. The summed E-state index contributed by atoms with van der Waals surface area (Å²) in [5, 5.41) is 0. The van der Waals surface area contributed by atoms with Crippen LogP contribution in [0.25, 0.3) is 0 Å². The first-order valence-electron chi connectivity index (χ1n) is 2.26. The van der Waals surface area contributed by atoms with Crippen LogP contribution >= 0.6 is 16.1 Å². The van der Waals surface area contributed by atoms with Crippen molar-refractivity contribution in [2.45, 2.75) is 18.1 Å². The average molecular weight is 264 g/mol. The lowest BCUT2D eigenvalue weighted by molar-refractivity contribution is -0.356. The summed E-state index contributed by atoms with van der Waals surface area (Å²) in [7, 11) is 0. The van der Waals surface area contributed by atoms with Gasteiger partial charge in [0, 0.05) is 16.1 Å². The zero-order valence-electron chi connectivity index (χ0n) is 5.02. The molecule has 0 aromatic carbocycles. The highest BCUT2D eigenvalue weighted by atomic mass is 79.9. The van der Waals surface area contributed by atoms with E-state index in [0.717, 1.165) is 0 Å². The molecule has 0 aromatic rings. The third kappa shape index (κ3) is 1.82. The zero-order chi connectivity index (χ0) is 10.2. The van der Waals surface area contributed by atoms with Crippen molar-refractivity contribution >= 4 is 16.1 Å². The van der Waals surface area contributed by atoms with Crippen LogP contribution in [0.2, 0.25) is 0 Å². The van der Waals surface area contributed by atoms with E-state index in [0.29, 0.717) is 4.34 Å². The Morgan fingerprint density at radius 2 is 1.17 bits per heavy atom. The molecular formula is C3HBrF7N. The van der Waals surface area contributed by atoms with Gasteiger partial charge in [0.1, 0.15) is 0 Å². The van der Waals surface area contributed by atoms with E-state index in [1.807, 2.05) is 0 Å². The van der Waals surface area contributed by atoms with E-state index >= 15 is 0 Å². The largest absolute Gasteiger partial charge is 0.461 e. The van der Waals surface area contributed by atoms with Gasteiger partial charge in [0.25, 0.3) is 0 Å². The standard InChI is InChI=1S/C3HBrF7N/c4-12-3(10,11)1(5,6)2(7,8)9/h12H. The molecule has 0 saturated heterocycles. The Labute approximate surface area is 70.3 Å². The molecule has 0 spiro atoms. The third-order valence-corrected chi connectivity index (χ3v) is 1.37. The quantitative estimate of drug-likeness (QED) is 0.459. The van der Waals surface area contributed by atoms with E-state index in [4.69, 9.17) is 0 Å². The number of alkyl halides is 7. The van der Waals surface area contributed by atoms with Crippen molar-refractivity contribution in [2.75, 3.05) is 0 Å². The second kappa shape index (κ2) is 3.02. The molecule has 12 heavy (non-hydrogen) atoms. The van der Waals surface area contributed by atoms with Crippen molar-refractivity contribution in [3.8, 4) is 0 Å². The molecule has 0 atom stereocenters. The van der Waals surface area contributed by atoms with E-state index in [9.17, 15) is 30.7 Å². The smallest absolute Gasteiger partial charge is 0.189 e. The number of hydrogen-bond acceptors (Lipinski definition) is 1. The first kappa shape index (κ1) is 11.9. The Bertz CT molecular complexity index is 163. The Morgan fingerprint density at radius 1 is 0.833 bits per heavy atom. The van der Waals surface area contributed by atoms with Gasteiger partial charge in [-0.15, -0.1) is 0 Å². The van der Waals surface area contributed by atoms with Gasteiger partial charge >= 0.3 is 18.1 Å². The first-order valence-corrected chi connectivity index (χ1v) is 3.05. The molecule has 0 rings (SSSR count). The number of halogens is 8. The van der Waals surface area contributed by atoms with Gasteiger partial charge < -0.3 is 0 Å². The van der Waals surface area contributed by atoms with Crippen molar-refractivity contribution < 1.29 is 30.7 Å². The van der Waals surface area contributed by atoms with Crippen LogP contribution < -0.4 is 4.34 Å². The van der Waals surface area contributed by atoms with Crippen molar-refractivity contribution in [2.24, 2.45) is 0 Å². The van der Waals surface area contributed by atoms with Gasteiger partial charge in [0.15, 0.2) is 0 Å². The average Bonchev–Trinajstić information content (AvgIpc) is 1.85. The third-order valence-electron chi connectivity index (χ3n) is 0.869. The predicted octanol–water partition coefficient (Wildman–Crippen LogP) is 2.68. The van der Waals surface area contributed by atoms with Crippen LogP contribution in [0.3, 0.4) is 0 Å². The molecule has 0 aliphatic rings. The van der Waals surface area contributed by atoms with Crippen LogP contribution in [-0.4, -0.2) is 18.1 Å². The van der Waals surface area contributed by atoms with Crippen molar-refractivity contribution in [1.29, 1.82) is 0 Å². The Kier molecular flexibility index (Phi) is 3.01. The summed E-state index contributed by atoms with van der Waals surface area (Å²) in [5.41, 5.74) is 0. The Balaban J connectivity index is 4.85. The Morgan fingerprint density at radius 3 is 1.25 bits per heavy atom. The molecule has 0 aromatic heterocycles. The molecule has 9 heteroatoms. The minimum Gasteiger partial charge on any atom is -0.189 e. The zero-order valence-corrected chi connectivity index (χ0v) is 6.61.